The molecule has 35 heavy (non-hydrogen) atoms. The maximum absolute atomic E-state index is 13.4. The number of hydrogen-bond acceptors (Lipinski definition) is 4. The van der Waals surface area contributed by atoms with Crippen molar-refractivity contribution in [1.82, 2.24) is 10.2 Å². The third kappa shape index (κ3) is 5.29. The molecule has 182 valence electrons. The molecule has 1 N–H and O–H groups in total. The maximum Gasteiger partial charge on any atom is 0.254 e. The van der Waals surface area contributed by atoms with E-state index < -0.39 is 5.92 Å². The van der Waals surface area contributed by atoms with Crippen LogP contribution in [0.2, 0.25) is 0 Å². The Morgan fingerprint density at radius 2 is 1.74 bits per heavy atom. The molecule has 0 radical (unpaired) electrons. The van der Waals surface area contributed by atoms with Crippen molar-refractivity contribution in [3.63, 3.8) is 0 Å². The molecule has 4 rings (SSSR count). The summed E-state index contributed by atoms with van der Waals surface area (Å²) in [6.45, 7) is 2.81. The number of benzene rings is 3. The van der Waals surface area contributed by atoms with Crippen LogP contribution in [-0.4, -0.2) is 44.0 Å². The fourth-order valence-electron chi connectivity index (χ4n) is 4.59. The van der Waals surface area contributed by atoms with E-state index in [0.717, 1.165) is 16.7 Å². The number of halogens is 1. The largest absolute Gasteiger partial charge is 0.497 e. The molecule has 3 aromatic rings. The standard InChI is InChI=1S/C28H29FN2O4/c1-18-6-4-5-7-22(18)28(33)31-16-24(23-14-21(34-2)12-13-26(23)35-3)25(17-31)27(32)30-15-19-8-10-20(29)11-9-19/h4-14,24-25H,15-17H2,1-3H3,(H,30,32)/t24-,25-/m0/s1. The molecule has 0 unspecified atom stereocenters. The third-order valence-electron chi connectivity index (χ3n) is 6.54. The van der Waals surface area contributed by atoms with Crippen molar-refractivity contribution in [3.05, 3.63) is 94.8 Å². The molecule has 1 saturated heterocycles. The Kier molecular flexibility index (Phi) is 7.34. The summed E-state index contributed by atoms with van der Waals surface area (Å²) in [5.74, 6) is -0.113. The van der Waals surface area contributed by atoms with Crippen molar-refractivity contribution in [2.45, 2.75) is 19.4 Å². The highest BCUT2D eigenvalue weighted by atomic mass is 19.1. The van der Waals surface area contributed by atoms with E-state index in [1.165, 1.54) is 12.1 Å². The Morgan fingerprint density at radius 1 is 1.00 bits per heavy atom. The van der Waals surface area contributed by atoms with Crippen LogP contribution < -0.4 is 14.8 Å². The minimum atomic E-state index is -0.496. The maximum atomic E-state index is 13.4. The lowest BCUT2D eigenvalue weighted by molar-refractivity contribution is -0.125. The van der Waals surface area contributed by atoms with Crippen LogP contribution >= 0.6 is 0 Å². The minimum absolute atomic E-state index is 0.108. The number of hydrogen-bond donors (Lipinski definition) is 1. The second-order valence-electron chi connectivity index (χ2n) is 8.69. The van der Waals surface area contributed by atoms with Gasteiger partial charge in [-0.1, -0.05) is 30.3 Å². The molecule has 6 nitrogen and oxygen atoms in total. The summed E-state index contributed by atoms with van der Waals surface area (Å²) in [5.41, 5.74) is 3.11. The molecule has 0 bridgehead atoms. The van der Waals surface area contributed by atoms with Gasteiger partial charge in [0.15, 0.2) is 0 Å². The SMILES string of the molecule is COc1ccc(OC)c([C@@H]2CN(C(=O)c3ccccc3C)C[C@@H]2C(=O)NCc2ccc(F)cc2)c1. The lowest BCUT2D eigenvalue weighted by Gasteiger charge is -2.21. The molecular formula is C28H29FN2O4. The number of carbonyl (C=O) groups excluding carboxylic acids is 2. The summed E-state index contributed by atoms with van der Waals surface area (Å²) < 4.78 is 24.3. The topological polar surface area (TPSA) is 67.9 Å². The predicted octanol–water partition coefficient (Wildman–Crippen LogP) is 4.32. The molecule has 2 amide bonds. The van der Waals surface area contributed by atoms with Crippen LogP contribution in [0, 0.1) is 18.7 Å². The van der Waals surface area contributed by atoms with Gasteiger partial charge in [-0.15, -0.1) is 0 Å². The first-order valence-corrected chi connectivity index (χ1v) is 11.5. The molecule has 0 aliphatic carbocycles. The average molecular weight is 477 g/mol. The predicted molar refractivity (Wildman–Crippen MR) is 131 cm³/mol. The van der Waals surface area contributed by atoms with Gasteiger partial charge in [0, 0.05) is 36.7 Å². The van der Waals surface area contributed by atoms with E-state index in [1.807, 2.05) is 37.3 Å². The first kappa shape index (κ1) is 24.3. The summed E-state index contributed by atoms with van der Waals surface area (Å²) in [6, 6.07) is 18.9. The van der Waals surface area contributed by atoms with Crippen LogP contribution in [0.3, 0.4) is 0 Å². The zero-order valence-electron chi connectivity index (χ0n) is 20.1. The number of nitrogens with zero attached hydrogens (tertiary/aromatic N) is 1. The summed E-state index contributed by atoms with van der Waals surface area (Å²) in [5, 5.41) is 2.97. The number of methoxy groups -OCH3 is 2. The third-order valence-corrected chi connectivity index (χ3v) is 6.54. The van der Waals surface area contributed by atoms with Gasteiger partial charge >= 0.3 is 0 Å². The highest BCUT2D eigenvalue weighted by Gasteiger charge is 2.42. The van der Waals surface area contributed by atoms with Gasteiger partial charge in [0.25, 0.3) is 5.91 Å². The average Bonchev–Trinajstić information content (AvgIpc) is 3.33. The molecule has 0 saturated carbocycles. The Hall–Kier alpha value is -3.87. The Morgan fingerprint density at radius 3 is 2.43 bits per heavy atom. The number of aryl methyl sites for hydroxylation is 1. The smallest absolute Gasteiger partial charge is 0.254 e. The van der Waals surface area contributed by atoms with Crippen LogP contribution in [0.5, 0.6) is 11.5 Å². The minimum Gasteiger partial charge on any atom is -0.497 e. The second kappa shape index (κ2) is 10.6. The van der Waals surface area contributed by atoms with Gasteiger partial charge in [-0.25, -0.2) is 4.39 Å². The number of nitrogens with one attached hydrogen (secondary N) is 1. The van der Waals surface area contributed by atoms with Crippen LogP contribution in [0.25, 0.3) is 0 Å². The van der Waals surface area contributed by atoms with Crippen molar-refractivity contribution in [3.8, 4) is 11.5 Å². The van der Waals surface area contributed by atoms with Crippen molar-refractivity contribution in [2.24, 2.45) is 5.92 Å². The second-order valence-corrected chi connectivity index (χ2v) is 8.69. The summed E-state index contributed by atoms with van der Waals surface area (Å²) in [6.07, 6.45) is 0. The number of likely N-dealkylation sites (tertiary alicyclic amines) is 1. The van der Waals surface area contributed by atoms with Gasteiger partial charge in [0.2, 0.25) is 5.91 Å². The van der Waals surface area contributed by atoms with E-state index in [0.29, 0.717) is 23.6 Å². The van der Waals surface area contributed by atoms with Crippen molar-refractivity contribution in [2.75, 3.05) is 27.3 Å². The molecule has 1 aliphatic rings. The Bertz CT molecular complexity index is 1210. The van der Waals surface area contributed by atoms with Crippen molar-refractivity contribution < 1.29 is 23.5 Å². The fraction of sp³-hybridized carbons (Fsp3) is 0.286. The highest BCUT2D eigenvalue weighted by molar-refractivity contribution is 5.96. The van der Waals surface area contributed by atoms with Crippen LogP contribution in [0.4, 0.5) is 4.39 Å². The van der Waals surface area contributed by atoms with E-state index in [-0.39, 0.29) is 36.6 Å². The van der Waals surface area contributed by atoms with E-state index in [2.05, 4.69) is 5.32 Å². The molecule has 1 heterocycles. The summed E-state index contributed by atoms with van der Waals surface area (Å²) >= 11 is 0. The van der Waals surface area contributed by atoms with Gasteiger partial charge in [-0.2, -0.15) is 0 Å². The quantitative estimate of drug-likeness (QED) is 0.552. The molecule has 1 aliphatic heterocycles. The summed E-state index contributed by atoms with van der Waals surface area (Å²) in [4.78, 5) is 28.5. The molecule has 1 fully saturated rings. The van der Waals surface area contributed by atoms with Crippen LogP contribution in [0.15, 0.2) is 66.7 Å². The van der Waals surface area contributed by atoms with E-state index in [9.17, 15) is 14.0 Å². The molecule has 7 heteroatoms. The summed E-state index contributed by atoms with van der Waals surface area (Å²) in [7, 11) is 3.17. The fourth-order valence-corrected chi connectivity index (χ4v) is 4.59. The lowest BCUT2D eigenvalue weighted by atomic mass is 9.87. The number of amides is 2. The molecule has 2 atom stereocenters. The Balaban J connectivity index is 1.63. The van der Waals surface area contributed by atoms with Gasteiger partial charge in [0.1, 0.15) is 17.3 Å². The first-order chi connectivity index (χ1) is 16.9. The van der Waals surface area contributed by atoms with Crippen LogP contribution in [0.1, 0.15) is 33.0 Å². The zero-order valence-corrected chi connectivity index (χ0v) is 20.1. The van der Waals surface area contributed by atoms with E-state index >= 15 is 0 Å². The van der Waals surface area contributed by atoms with Gasteiger partial charge in [0.05, 0.1) is 20.1 Å². The lowest BCUT2D eigenvalue weighted by Crippen LogP contribution is -2.35. The number of rotatable bonds is 7. The van der Waals surface area contributed by atoms with E-state index in [4.69, 9.17) is 9.47 Å². The number of carbonyl (C=O) groups is 2. The van der Waals surface area contributed by atoms with Gasteiger partial charge in [-0.05, 0) is 54.4 Å². The molecule has 0 spiro atoms. The van der Waals surface area contributed by atoms with Crippen molar-refractivity contribution in [1.29, 1.82) is 0 Å². The Labute approximate surface area is 204 Å². The molecule has 3 aromatic carbocycles. The van der Waals surface area contributed by atoms with Gasteiger partial charge < -0.3 is 19.7 Å². The molecule has 0 aromatic heterocycles. The van der Waals surface area contributed by atoms with E-state index in [1.54, 1.807) is 43.4 Å². The normalized spacial score (nSPS) is 17.2. The zero-order chi connectivity index (χ0) is 24.9. The first-order valence-electron chi connectivity index (χ1n) is 11.5. The van der Waals surface area contributed by atoms with Gasteiger partial charge in [-0.3, -0.25) is 9.59 Å². The van der Waals surface area contributed by atoms with Crippen LogP contribution in [-0.2, 0) is 11.3 Å². The highest BCUT2D eigenvalue weighted by Crippen LogP contribution is 2.40. The monoisotopic (exact) mass is 476 g/mol. The molecular weight excluding hydrogens is 447 g/mol. The van der Waals surface area contributed by atoms with Crippen molar-refractivity contribution >= 4 is 11.8 Å². The number of ether oxygens (including phenoxy) is 2.